The molecule has 0 radical (unpaired) electrons. The summed E-state index contributed by atoms with van der Waals surface area (Å²) < 4.78 is 52.0. The number of nitrogens with zero attached hydrogens (tertiary/aromatic N) is 4. The SMILES string of the molecule is COC(=O)c1nc(NCCC2CCC2)c2c(n1)nc(COc1ccccc1)n2Cc1ccc(C(F)(F)F)cc1. The largest absolute Gasteiger partial charge is 0.486 e. The molecule has 1 aliphatic carbocycles. The van der Waals surface area contributed by atoms with Crippen LogP contribution in [0.2, 0.25) is 0 Å². The lowest BCUT2D eigenvalue weighted by Gasteiger charge is -2.25. The van der Waals surface area contributed by atoms with Crippen molar-refractivity contribution in [1.82, 2.24) is 19.5 Å². The molecular weight excluding hydrogens is 511 g/mol. The van der Waals surface area contributed by atoms with Gasteiger partial charge in [-0.3, -0.25) is 0 Å². The van der Waals surface area contributed by atoms with Crippen LogP contribution in [0.1, 0.15) is 53.3 Å². The van der Waals surface area contributed by atoms with Crippen molar-refractivity contribution in [3.8, 4) is 5.75 Å². The first-order valence-electron chi connectivity index (χ1n) is 12.7. The molecule has 2 heterocycles. The van der Waals surface area contributed by atoms with Gasteiger partial charge in [0.1, 0.15) is 23.7 Å². The molecule has 2 aromatic heterocycles. The summed E-state index contributed by atoms with van der Waals surface area (Å²) in [6, 6.07) is 14.2. The minimum atomic E-state index is -4.43. The van der Waals surface area contributed by atoms with Crippen molar-refractivity contribution >= 4 is 23.0 Å². The van der Waals surface area contributed by atoms with Crippen molar-refractivity contribution in [2.24, 2.45) is 5.92 Å². The molecule has 0 saturated heterocycles. The van der Waals surface area contributed by atoms with E-state index in [1.807, 2.05) is 34.9 Å². The van der Waals surface area contributed by atoms with Crippen LogP contribution in [0.3, 0.4) is 0 Å². The van der Waals surface area contributed by atoms with Crippen LogP contribution in [-0.4, -0.2) is 39.1 Å². The summed E-state index contributed by atoms with van der Waals surface area (Å²) in [5, 5.41) is 3.34. The van der Waals surface area contributed by atoms with E-state index in [0.717, 1.165) is 18.6 Å². The Balaban J connectivity index is 1.54. The van der Waals surface area contributed by atoms with Crippen molar-refractivity contribution in [3.05, 3.63) is 77.4 Å². The Kier molecular flexibility index (Phi) is 7.67. The number of nitrogens with one attached hydrogen (secondary N) is 1. The van der Waals surface area contributed by atoms with Crippen molar-refractivity contribution in [2.45, 2.75) is 45.0 Å². The Morgan fingerprint density at radius 1 is 1.05 bits per heavy atom. The molecule has 1 fully saturated rings. The van der Waals surface area contributed by atoms with E-state index >= 15 is 0 Å². The quantitative estimate of drug-likeness (QED) is 0.252. The smallest absolute Gasteiger partial charge is 0.416 e. The van der Waals surface area contributed by atoms with Gasteiger partial charge in [-0.25, -0.2) is 19.7 Å². The van der Waals surface area contributed by atoms with E-state index in [2.05, 4.69) is 20.3 Å². The van der Waals surface area contributed by atoms with E-state index in [0.29, 0.717) is 40.9 Å². The predicted molar refractivity (Wildman–Crippen MR) is 138 cm³/mol. The van der Waals surface area contributed by atoms with Gasteiger partial charge in [0.25, 0.3) is 0 Å². The summed E-state index contributed by atoms with van der Waals surface area (Å²) in [7, 11) is 1.25. The number of aromatic nitrogens is 4. The summed E-state index contributed by atoms with van der Waals surface area (Å²) >= 11 is 0. The van der Waals surface area contributed by atoms with E-state index in [9.17, 15) is 18.0 Å². The number of hydrogen-bond donors (Lipinski definition) is 1. The maximum absolute atomic E-state index is 13.1. The minimum Gasteiger partial charge on any atom is -0.486 e. The van der Waals surface area contributed by atoms with Gasteiger partial charge in [0.2, 0.25) is 5.82 Å². The van der Waals surface area contributed by atoms with Crippen LogP contribution in [0.25, 0.3) is 11.2 Å². The number of carbonyl (C=O) groups is 1. The second kappa shape index (κ2) is 11.3. The number of esters is 1. The number of carbonyl (C=O) groups excluding carboxylic acids is 1. The van der Waals surface area contributed by atoms with Gasteiger partial charge in [-0.15, -0.1) is 0 Å². The highest BCUT2D eigenvalue weighted by atomic mass is 19.4. The van der Waals surface area contributed by atoms with E-state index in [4.69, 9.17) is 9.47 Å². The first kappa shape index (κ1) is 26.5. The second-order valence-corrected chi connectivity index (χ2v) is 9.48. The molecule has 0 atom stereocenters. The topological polar surface area (TPSA) is 91.2 Å². The fourth-order valence-electron chi connectivity index (χ4n) is 4.49. The fraction of sp³-hybridized carbons (Fsp3) is 0.357. The van der Waals surface area contributed by atoms with Gasteiger partial charge >= 0.3 is 12.1 Å². The zero-order valence-electron chi connectivity index (χ0n) is 21.4. The normalized spacial score (nSPS) is 13.7. The van der Waals surface area contributed by atoms with Gasteiger partial charge in [-0.05, 0) is 42.2 Å². The van der Waals surface area contributed by atoms with Crippen LogP contribution in [0.4, 0.5) is 19.0 Å². The number of para-hydroxylation sites is 1. The third kappa shape index (κ3) is 6.13. The molecular formula is C28H28F3N5O3. The lowest BCUT2D eigenvalue weighted by Crippen LogP contribution is -2.18. The fourth-order valence-corrected chi connectivity index (χ4v) is 4.49. The number of fused-ring (bicyclic) bond motifs is 1. The molecule has 5 rings (SSSR count). The highest BCUT2D eigenvalue weighted by molar-refractivity contribution is 5.91. The number of hydrogen-bond acceptors (Lipinski definition) is 7. The van der Waals surface area contributed by atoms with E-state index in [-0.39, 0.29) is 24.6 Å². The van der Waals surface area contributed by atoms with Crippen LogP contribution in [-0.2, 0) is 24.1 Å². The van der Waals surface area contributed by atoms with Gasteiger partial charge in [0, 0.05) is 13.1 Å². The number of anilines is 1. The average molecular weight is 540 g/mol. The molecule has 1 saturated carbocycles. The number of methoxy groups -OCH3 is 1. The standard InChI is InChI=1S/C28H28F3N5O3/c1-38-27(37)26-34-24(32-15-14-18-6-5-7-18)23-25(35-26)33-22(17-39-21-8-3-2-4-9-21)36(23)16-19-10-12-20(13-11-19)28(29,30)31/h2-4,8-13,18H,5-7,14-17H2,1H3,(H,32,34,35). The van der Waals surface area contributed by atoms with Gasteiger partial charge in [-0.1, -0.05) is 49.6 Å². The molecule has 2 aromatic carbocycles. The number of imidazole rings is 1. The third-order valence-electron chi connectivity index (χ3n) is 6.85. The highest BCUT2D eigenvalue weighted by Gasteiger charge is 2.30. The molecule has 0 bridgehead atoms. The molecule has 4 aromatic rings. The van der Waals surface area contributed by atoms with E-state index in [1.54, 1.807) is 0 Å². The van der Waals surface area contributed by atoms with Gasteiger partial charge in [-0.2, -0.15) is 13.2 Å². The van der Waals surface area contributed by atoms with Crippen molar-refractivity contribution in [3.63, 3.8) is 0 Å². The Labute approximate surface area is 223 Å². The molecule has 1 aliphatic rings. The molecule has 1 N–H and O–H groups in total. The first-order valence-corrected chi connectivity index (χ1v) is 12.7. The highest BCUT2D eigenvalue weighted by Crippen LogP contribution is 2.31. The summed E-state index contributed by atoms with van der Waals surface area (Å²) in [5.74, 6) is 1.34. The summed E-state index contributed by atoms with van der Waals surface area (Å²) in [5.41, 5.74) is 0.692. The number of alkyl halides is 3. The number of halogens is 3. The summed E-state index contributed by atoms with van der Waals surface area (Å²) in [6.07, 6.45) is 0.155. The Morgan fingerprint density at radius 3 is 2.44 bits per heavy atom. The lowest BCUT2D eigenvalue weighted by atomic mass is 9.83. The number of benzene rings is 2. The van der Waals surface area contributed by atoms with Gasteiger partial charge in [0.15, 0.2) is 11.5 Å². The molecule has 0 aliphatic heterocycles. The van der Waals surface area contributed by atoms with Crippen LogP contribution in [0.15, 0.2) is 54.6 Å². The predicted octanol–water partition coefficient (Wildman–Crippen LogP) is 5.86. The Bertz CT molecular complexity index is 1440. The molecule has 0 spiro atoms. The summed E-state index contributed by atoms with van der Waals surface area (Å²) in [6.45, 7) is 0.898. The van der Waals surface area contributed by atoms with Crippen LogP contribution < -0.4 is 10.1 Å². The minimum absolute atomic E-state index is 0.0656. The maximum atomic E-state index is 13.1. The summed E-state index contributed by atoms with van der Waals surface area (Å²) in [4.78, 5) is 25.8. The van der Waals surface area contributed by atoms with Crippen LogP contribution in [0.5, 0.6) is 5.75 Å². The maximum Gasteiger partial charge on any atom is 0.416 e. The first-order chi connectivity index (χ1) is 18.8. The van der Waals surface area contributed by atoms with E-state index in [1.165, 1.54) is 38.5 Å². The lowest BCUT2D eigenvalue weighted by molar-refractivity contribution is -0.137. The third-order valence-corrected chi connectivity index (χ3v) is 6.85. The second-order valence-electron chi connectivity index (χ2n) is 9.48. The Morgan fingerprint density at radius 2 is 1.79 bits per heavy atom. The molecule has 0 amide bonds. The molecule has 39 heavy (non-hydrogen) atoms. The van der Waals surface area contributed by atoms with Crippen LogP contribution >= 0.6 is 0 Å². The van der Waals surface area contributed by atoms with Gasteiger partial charge in [0.05, 0.1) is 12.7 Å². The molecule has 11 heteroatoms. The molecule has 204 valence electrons. The van der Waals surface area contributed by atoms with Crippen molar-refractivity contribution < 1.29 is 27.4 Å². The zero-order chi connectivity index (χ0) is 27.4. The van der Waals surface area contributed by atoms with Gasteiger partial charge < -0.3 is 19.4 Å². The van der Waals surface area contributed by atoms with E-state index < -0.39 is 17.7 Å². The zero-order valence-corrected chi connectivity index (χ0v) is 21.4. The van der Waals surface area contributed by atoms with Crippen molar-refractivity contribution in [1.29, 1.82) is 0 Å². The molecule has 8 nitrogen and oxygen atoms in total. The van der Waals surface area contributed by atoms with Crippen molar-refractivity contribution in [2.75, 3.05) is 19.0 Å². The molecule has 0 unspecified atom stereocenters. The van der Waals surface area contributed by atoms with Crippen LogP contribution in [0, 0.1) is 5.92 Å². The average Bonchev–Trinajstić information content (AvgIpc) is 3.25. The number of rotatable bonds is 10. The monoisotopic (exact) mass is 539 g/mol. The number of ether oxygens (including phenoxy) is 2. The Hall–Kier alpha value is -4.15.